The maximum Gasteiger partial charge on any atom is 0.326 e. The first-order chi connectivity index (χ1) is 14.9. The van der Waals surface area contributed by atoms with Gasteiger partial charge in [0.1, 0.15) is 18.1 Å². The van der Waals surface area contributed by atoms with Crippen LogP contribution in [0.25, 0.3) is 0 Å². The normalized spacial score (nSPS) is 15.4. The van der Waals surface area contributed by atoms with Crippen molar-refractivity contribution in [3.05, 3.63) is 0 Å². The monoisotopic (exact) mass is 477 g/mol. The van der Waals surface area contributed by atoms with Crippen molar-refractivity contribution in [2.75, 3.05) is 18.6 Å². The summed E-state index contributed by atoms with van der Waals surface area (Å²) < 4.78 is 0. The van der Waals surface area contributed by atoms with Crippen molar-refractivity contribution >= 4 is 41.4 Å². The largest absolute Gasteiger partial charge is 0.480 e. The van der Waals surface area contributed by atoms with Crippen molar-refractivity contribution in [3.63, 3.8) is 0 Å². The topological polar surface area (TPSA) is 235 Å². The maximum absolute atomic E-state index is 12.5. The second-order valence-electron chi connectivity index (χ2n) is 7.19. The maximum atomic E-state index is 12.5. The number of thioether (sulfide) groups is 1. The molecule has 0 saturated carbocycles. The van der Waals surface area contributed by atoms with E-state index in [-0.39, 0.29) is 25.3 Å². The van der Waals surface area contributed by atoms with Crippen LogP contribution in [0.15, 0.2) is 4.99 Å². The number of aliphatic hydroxyl groups is 1. The van der Waals surface area contributed by atoms with E-state index in [1.807, 2.05) is 6.26 Å². The number of amides is 3. The molecule has 0 heterocycles. The number of carbonyl (C=O) groups excluding carboxylic acids is 3. The summed E-state index contributed by atoms with van der Waals surface area (Å²) in [5.41, 5.74) is 16.2. The molecule has 0 spiro atoms. The molecule has 11 N–H and O–H groups in total. The lowest BCUT2D eigenvalue weighted by Gasteiger charge is -2.25. The van der Waals surface area contributed by atoms with Gasteiger partial charge in [0.15, 0.2) is 5.96 Å². The van der Waals surface area contributed by atoms with Gasteiger partial charge in [-0.05, 0) is 45.1 Å². The summed E-state index contributed by atoms with van der Waals surface area (Å²) >= 11 is 1.53. The fourth-order valence-corrected chi connectivity index (χ4v) is 2.96. The Hall–Kier alpha value is -2.58. The van der Waals surface area contributed by atoms with Crippen molar-refractivity contribution in [2.24, 2.45) is 22.2 Å². The zero-order valence-corrected chi connectivity index (χ0v) is 19.4. The molecule has 0 aliphatic carbocycles. The van der Waals surface area contributed by atoms with E-state index in [4.69, 9.17) is 17.2 Å². The minimum atomic E-state index is -1.44. The van der Waals surface area contributed by atoms with E-state index in [1.54, 1.807) is 0 Å². The quantitative estimate of drug-likeness (QED) is 0.0678. The molecule has 0 radical (unpaired) electrons. The predicted molar refractivity (Wildman–Crippen MR) is 122 cm³/mol. The number of carboxylic acids is 1. The number of nitrogens with two attached hydrogens (primary N) is 3. The van der Waals surface area contributed by atoms with Crippen LogP contribution in [-0.4, -0.2) is 88.7 Å². The molecule has 0 rings (SSSR count). The van der Waals surface area contributed by atoms with Crippen LogP contribution in [0.3, 0.4) is 0 Å². The third-order valence-corrected chi connectivity index (χ3v) is 4.99. The minimum absolute atomic E-state index is 0.0265. The second kappa shape index (κ2) is 15.3. The predicted octanol–water partition coefficient (Wildman–Crippen LogP) is -2.94. The fraction of sp³-hybridized carbons (Fsp3) is 0.722. The standard InChI is InChI=1S/C18H35N7O6S/c1-9(23-15(28)11(19)6-8-32-3)14(27)25-13(10(2)26)16(29)24-12(17(30)31)5-4-7-22-18(20)21/h9-13,26H,4-8,19H2,1-3H3,(H,23,28)(H,24,29)(H,25,27)(H,30,31)(H4,20,21,22). The molecule has 0 bridgehead atoms. The van der Waals surface area contributed by atoms with Crippen LogP contribution in [0.4, 0.5) is 0 Å². The Kier molecular flexibility index (Phi) is 14.0. The van der Waals surface area contributed by atoms with Crippen molar-refractivity contribution in [2.45, 2.75) is 63.4 Å². The Morgan fingerprint density at radius 2 is 1.62 bits per heavy atom. The average Bonchev–Trinajstić information content (AvgIpc) is 2.70. The van der Waals surface area contributed by atoms with Gasteiger partial charge in [-0.1, -0.05) is 0 Å². The number of rotatable bonds is 15. The van der Waals surface area contributed by atoms with Gasteiger partial charge in [0.2, 0.25) is 17.7 Å². The number of carboxylic acid groups (broad SMARTS) is 1. The first-order valence-electron chi connectivity index (χ1n) is 10.0. The minimum Gasteiger partial charge on any atom is -0.480 e. The molecule has 0 saturated heterocycles. The number of nitrogens with one attached hydrogen (secondary N) is 3. The molecular formula is C18H35N7O6S. The summed E-state index contributed by atoms with van der Waals surface area (Å²) in [5, 5.41) is 26.3. The van der Waals surface area contributed by atoms with Crippen LogP contribution < -0.4 is 33.2 Å². The van der Waals surface area contributed by atoms with Crippen LogP contribution in [0, 0.1) is 0 Å². The molecule has 184 valence electrons. The molecule has 0 aromatic rings. The van der Waals surface area contributed by atoms with Gasteiger partial charge in [-0.2, -0.15) is 11.8 Å². The lowest BCUT2D eigenvalue weighted by Crippen LogP contribution is -2.59. The van der Waals surface area contributed by atoms with Gasteiger partial charge >= 0.3 is 5.97 Å². The number of aliphatic imine (C=N–C) groups is 1. The zero-order chi connectivity index (χ0) is 24.8. The molecule has 5 unspecified atom stereocenters. The molecule has 0 aliphatic rings. The Balaban J connectivity index is 4.95. The summed E-state index contributed by atoms with van der Waals surface area (Å²) in [6.45, 7) is 2.84. The zero-order valence-electron chi connectivity index (χ0n) is 18.5. The van der Waals surface area contributed by atoms with E-state index in [2.05, 4.69) is 20.9 Å². The smallest absolute Gasteiger partial charge is 0.326 e. The summed E-state index contributed by atoms with van der Waals surface area (Å²) in [4.78, 5) is 52.2. The second-order valence-corrected chi connectivity index (χ2v) is 8.18. The van der Waals surface area contributed by atoms with Crippen LogP contribution in [-0.2, 0) is 19.2 Å². The Bertz CT molecular complexity index is 672. The number of nitrogens with zero attached hydrogens (tertiary/aromatic N) is 1. The van der Waals surface area contributed by atoms with Crippen molar-refractivity contribution in [1.82, 2.24) is 16.0 Å². The first-order valence-corrected chi connectivity index (χ1v) is 11.4. The highest BCUT2D eigenvalue weighted by atomic mass is 32.2. The van der Waals surface area contributed by atoms with Crippen LogP contribution in [0.1, 0.15) is 33.1 Å². The molecule has 13 nitrogen and oxygen atoms in total. The highest BCUT2D eigenvalue weighted by Crippen LogP contribution is 2.03. The van der Waals surface area contributed by atoms with Gasteiger partial charge < -0.3 is 43.4 Å². The Morgan fingerprint density at radius 3 is 2.12 bits per heavy atom. The number of hydrogen-bond acceptors (Lipinski definition) is 8. The molecule has 14 heteroatoms. The van der Waals surface area contributed by atoms with Gasteiger partial charge in [0.25, 0.3) is 0 Å². The van der Waals surface area contributed by atoms with Crippen molar-refractivity contribution in [3.8, 4) is 0 Å². The molecule has 0 aliphatic heterocycles. The van der Waals surface area contributed by atoms with Gasteiger partial charge in [-0.25, -0.2) is 4.79 Å². The average molecular weight is 478 g/mol. The number of hydrogen-bond donors (Lipinski definition) is 8. The van der Waals surface area contributed by atoms with Gasteiger partial charge in [0, 0.05) is 6.54 Å². The highest BCUT2D eigenvalue weighted by molar-refractivity contribution is 7.98. The Labute approximate surface area is 191 Å². The molecule has 32 heavy (non-hydrogen) atoms. The van der Waals surface area contributed by atoms with E-state index in [0.717, 1.165) is 0 Å². The first kappa shape index (κ1) is 29.4. The van der Waals surface area contributed by atoms with Crippen LogP contribution >= 0.6 is 11.8 Å². The van der Waals surface area contributed by atoms with E-state index >= 15 is 0 Å². The van der Waals surface area contributed by atoms with Crippen molar-refractivity contribution < 1.29 is 29.4 Å². The van der Waals surface area contributed by atoms with E-state index in [0.29, 0.717) is 12.2 Å². The van der Waals surface area contributed by atoms with Crippen LogP contribution in [0.2, 0.25) is 0 Å². The number of guanidine groups is 1. The third kappa shape index (κ3) is 11.7. The third-order valence-electron chi connectivity index (χ3n) is 4.34. The van der Waals surface area contributed by atoms with Gasteiger partial charge in [-0.15, -0.1) is 0 Å². The van der Waals surface area contributed by atoms with E-state index < -0.39 is 54.0 Å². The lowest BCUT2D eigenvalue weighted by atomic mass is 10.1. The highest BCUT2D eigenvalue weighted by Gasteiger charge is 2.31. The van der Waals surface area contributed by atoms with E-state index in [1.165, 1.54) is 25.6 Å². The molecule has 0 aromatic heterocycles. The van der Waals surface area contributed by atoms with E-state index in [9.17, 15) is 29.4 Å². The summed E-state index contributed by atoms with van der Waals surface area (Å²) in [5.74, 6) is -2.90. The molecule has 0 aromatic carbocycles. The van der Waals surface area contributed by atoms with Crippen molar-refractivity contribution in [1.29, 1.82) is 0 Å². The molecular weight excluding hydrogens is 442 g/mol. The van der Waals surface area contributed by atoms with Gasteiger partial charge in [-0.3, -0.25) is 19.4 Å². The van der Waals surface area contributed by atoms with Gasteiger partial charge in [0.05, 0.1) is 12.1 Å². The number of aliphatic hydroxyl groups excluding tert-OH is 1. The summed E-state index contributed by atoms with van der Waals surface area (Å²) in [6.07, 6.45) is 1.28. The summed E-state index contributed by atoms with van der Waals surface area (Å²) in [7, 11) is 0. The molecule has 5 atom stereocenters. The SMILES string of the molecule is CSCCC(N)C(=O)NC(C)C(=O)NC(C(=O)NC(CCCN=C(N)N)C(=O)O)C(C)O. The Morgan fingerprint density at radius 1 is 1.00 bits per heavy atom. The molecule has 0 fully saturated rings. The number of aliphatic carboxylic acids is 1. The molecule has 3 amide bonds. The lowest BCUT2D eigenvalue weighted by molar-refractivity contribution is -0.143. The fourth-order valence-electron chi connectivity index (χ4n) is 2.47. The number of carbonyl (C=O) groups is 4. The summed E-state index contributed by atoms with van der Waals surface area (Å²) in [6, 6.07) is -4.54. The van der Waals surface area contributed by atoms with Crippen LogP contribution in [0.5, 0.6) is 0 Å².